The van der Waals surface area contributed by atoms with Gasteiger partial charge < -0.3 is 10.4 Å². The maximum atomic E-state index is 11.9. The molecular weight excluding hydrogens is 262 g/mol. The van der Waals surface area contributed by atoms with Crippen LogP contribution < -0.4 is 5.32 Å². The number of nitrogens with one attached hydrogen (secondary N) is 1. The number of nitrogens with zero attached hydrogens (tertiary/aromatic N) is 2. The van der Waals surface area contributed by atoms with Crippen molar-refractivity contribution >= 4 is 17.3 Å². The van der Waals surface area contributed by atoms with Crippen molar-refractivity contribution in [3.05, 3.63) is 34.4 Å². The van der Waals surface area contributed by atoms with Gasteiger partial charge in [-0.25, -0.2) is 0 Å². The second-order valence-corrected chi connectivity index (χ2v) is 4.77. The first-order chi connectivity index (χ1) is 9.61. The number of benzene rings is 1. The van der Waals surface area contributed by atoms with Crippen molar-refractivity contribution in [1.29, 1.82) is 0 Å². The second-order valence-electron chi connectivity index (χ2n) is 4.77. The van der Waals surface area contributed by atoms with Gasteiger partial charge in [-0.05, 0) is 25.5 Å². The zero-order valence-electron chi connectivity index (χ0n) is 11.0. The van der Waals surface area contributed by atoms with Crippen LogP contribution in [0.15, 0.2) is 24.3 Å². The van der Waals surface area contributed by atoms with Crippen molar-refractivity contribution < 1.29 is 14.8 Å². The van der Waals surface area contributed by atoms with E-state index in [1.807, 2.05) is 4.90 Å². The molecule has 1 aromatic rings. The molecule has 1 saturated heterocycles. The summed E-state index contributed by atoms with van der Waals surface area (Å²) in [6.07, 6.45) is 1.82. The van der Waals surface area contributed by atoms with Crippen LogP contribution in [-0.4, -0.2) is 46.6 Å². The molecule has 1 aliphatic heterocycles. The third kappa shape index (κ3) is 3.31. The van der Waals surface area contributed by atoms with Gasteiger partial charge in [0.05, 0.1) is 18.1 Å². The predicted octanol–water partition coefficient (Wildman–Crippen LogP) is 0.990. The highest BCUT2D eigenvalue weighted by atomic mass is 16.6. The number of hydrogen-bond acceptors (Lipinski definition) is 5. The Morgan fingerprint density at radius 1 is 1.50 bits per heavy atom. The van der Waals surface area contributed by atoms with E-state index in [4.69, 9.17) is 0 Å². The van der Waals surface area contributed by atoms with Crippen molar-refractivity contribution in [2.24, 2.45) is 0 Å². The molecule has 0 radical (unpaired) electrons. The van der Waals surface area contributed by atoms with E-state index in [-0.39, 0.29) is 36.5 Å². The molecule has 7 heteroatoms. The van der Waals surface area contributed by atoms with Crippen LogP contribution in [0.4, 0.5) is 11.4 Å². The number of carbonyl (C=O) groups is 1. The van der Waals surface area contributed by atoms with Gasteiger partial charge in [0, 0.05) is 12.1 Å². The largest absolute Gasteiger partial charge is 0.395 e. The zero-order chi connectivity index (χ0) is 14.5. The zero-order valence-corrected chi connectivity index (χ0v) is 11.0. The fourth-order valence-electron chi connectivity index (χ4n) is 2.42. The molecule has 0 aliphatic carbocycles. The molecule has 0 bridgehead atoms. The second kappa shape index (κ2) is 6.44. The number of aliphatic hydroxyl groups is 1. The van der Waals surface area contributed by atoms with E-state index in [0.29, 0.717) is 0 Å². The molecule has 1 unspecified atom stereocenters. The maximum absolute atomic E-state index is 11.9. The van der Waals surface area contributed by atoms with Gasteiger partial charge in [0.2, 0.25) is 5.91 Å². The van der Waals surface area contributed by atoms with Gasteiger partial charge in [-0.3, -0.25) is 19.8 Å². The summed E-state index contributed by atoms with van der Waals surface area (Å²) in [5.41, 5.74) is 0.0724. The lowest BCUT2D eigenvalue weighted by molar-refractivity contribution is -0.383. The lowest BCUT2D eigenvalue weighted by Crippen LogP contribution is -2.38. The van der Waals surface area contributed by atoms with Crippen molar-refractivity contribution in [3.8, 4) is 0 Å². The summed E-state index contributed by atoms with van der Waals surface area (Å²) in [6.45, 7) is 0.922. The number of para-hydroxylation sites is 2. The van der Waals surface area contributed by atoms with Crippen molar-refractivity contribution in [2.45, 2.75) is 18.9 Å². The van der Waals surface area contributed by atoms with Gasteiger partial charge in [-0.15, -0.1) is 0 Å². The highest BCUT2D eigenvalue weighted by molar-refractivity contribution is 5.94. The average Bonchev–Trinajstić information content (AvgIpc) is 2.86. The minimum atomic E-state index is -0.526. The summed E-state index contributed by atoms with van der Waals surface area (Å²) in [6, 6.07) is 6.04. The maximum Gasteiger partial charge on any atom is 0.292 e. The first kappa shape index (κ1) is 14.4. The van der Waals surface area contributed by atoms with E-state index in [2.05, 4.69) is 5.32 Å². The molecule has 0 aromatic heterocycles. The Kier molecular flexibility index (Phi) is 4.65. The van der Waals surface area contributed by atoms with E-state index in [1.54, 1.807) is 12.1 Å². The fraction of sp³-hybridized carbons (Fsp3) is 0.462. The van der Waals surface area contributed by atoms with E-state index >= 15 is 0 Å². The minimum absolute atomic E-state index is 0.00603. The molecule has 108 valence electrons. The predicted molar refractivity (Wildman–Crippen MR) is 73.4 cm³/mol. The first-order valence-electron chi connectivity index (χ1n) is 6.50. The van der Waals surface area contributed by atoms with Gasteiger partial charge in [0.25, 0.3) is 5.69 Å². The lowest BCUT2D eigenvalue weighted by atomic mass is 10.2. The smallest absolute Gasteiger partial charge is 0.292 e. The van der Waals surface area contributed by atoms with E-state index in [1.165, 1.54) is 12.1 Å². The van der Waals surface area contributed by atoms with Crippen LogP contribution in [0, 0.1) is 10.1 Å². The van der Waals surface area contributed by atoms with Crippen molar-refractivity contribution in [1.82, 2.24) is 4.90 Å². The molecule has 2 N–H and O–H groups in total. The molecule has 1 aliphatic rings. The van der Waals surface area contributed by atoms with Gasteiger partial charge in [0.15, 0.2) is 0 Å². The Labute approximate surface area is 116 Å². The topological polar surface area (TPSA) is 95.7 Å². The van der Waals surface area contributed by atoms with Crippen LogP contribution in [-0.2, 0) is 4.79 Å². The van der Waals surface area contributed by atoms with Crippen LogP contribution in [0.1, 0.15) is 12.8 Å². The fourth-order valence-corrected chi connectivity index (χ4v) is 2.42. The van der Waals surface area contributed by atoms with E-state index < -0.39 is 4.92 Å². The number of aliphatic hydroxyl groups excluding tert-OH is 1. The number of likely N-dealkylation sites (tertiary alicyclic amines) is 1. The Bertz CT molecular complexity index is 506. The average molecular weight is 279 g/mol. The third-order valence-electron chi connectivity index (χ3n) is 3.43. The summed E-state index contributed by atoms with van der Waals surface area (Å²) in [4.78, 5) is 24.2. The van der Waals surface area contributed by atoms with Crippen LogP contribution in [0.2, 0.25) is 0 Å². The minimum Gasteiger partial charge on any atom is -0.395 e. The number of hydrogen-bond donors (Lipinski definition) is 2. The van der Waals surface area contributed by atoms with E-state index in [9.17, 15) is 20.0 Å². The normalized spacial score (nSPS) is 18.9. The van der Waals surface area contributed by atoms with Crippen molar-refractivity contribution in [2.75, 3.05) is 25.0 Å². The Balaban J connectivity index is 2.00. The Hall–Kier alpha value is -1.99. The van der Waals surface area contributed by atoms with Gasteiger partial charge >= 0.3 is 0 Å². The lowest BCUT2D eigenvalue weighted by Gasteiger charge is -2.21. The molecule has 1 amide bonds. The number of amides is 1. The number of nitro groups is 1. The molecule has 0 saturated carbocycles. The highest BCUT2D eigenvalue weighted by Gasteiger charge is 2.26. The number of carbonyl (C=O) groups excluding carboxylic acids is 1. The Morgan fingerprint density at radius 3 is 2.95 bits per heavy atom. The molecule has 7 nitrogen and oxygen atoms in total. The van der Waals surface area contributed by atoms with Crippen molar-refractivity contribution in [3.63, 3.8) is 0 Å². The van der Waals surface area contributed by atoms with Crippen LogP contribution in [0.5, 0.6) is 0 Å². The van der Waals surface area contributed by atoms with Gasteiger partial charge in [-0.1, -0.05) is 12.1 Å². The summed E-state index contributed by atoms with van der Waals surface area (Å²) in [5, 5.41) is 22.6. The molecule has 0 spiro atoms. The summed E-state index contributed by atoms with van der Waals surface area (Å²) in [5.74, 6) is -0.306. The number of anilines is 1. The quantitative estimate of drug-likeness (QED) is 0.619. The number of nitro benzene ring substituents is 1. The van der Waals surface area contributed by atoms with Crippen LogP contribution in [0.25, 0.3) is 0 Å². The SMILES string of the molecule is O=C(CN1CCCC1CO)Nc1ccccc1[N+](=O)[O-]. The molecule has 20 heavy (non-hydrogen) atoms. The molecule has 1 aromatic carbocycles. The first-order valence-corrected chi connectivity index (χ1v) is 6.50. The standard InChI is InChI=1S/C13H17N3O4/c17-9-10-4-3-7-15(10)8-13(18)14-11-5-1-2-6-12(11)16(19)20/h1-2,5-6,10,17H,3-4,7-9H2,(H,14,18). The third-order valence-corrected chi connectivity index (χ3v) is 3.43. The van der Waals surface area contributed by atoms with Crippen LogP contribution in [0.3, 0.4) is 0 Å². The summed E-state index contributed by atoms with van der Waals surface area (Å²) in [7, 11) is 0. The van der Waals surface area contributed by atoms with Crippen LogP contribution >= 0.6 is 0 Å². The molecular formula is C13H17N3O4. The highest BCUT2D eigenvalue weighted by Crippen LogP contribution is 2.23. The molecule has 1 fully saturated rings. The monoisotopic (exact) mass is 279 g/mol. The van der Waals surface area contributed by atoms with E-state index in [0.717, 1.165) is 19.4 Å². The van der Waals surface area contributed by atoms with Gasteiger partial charge in [0.1, 0.15) is 5.69 Å². The molecule has 1 heterocycles. The Morgan fingerprint density at radius 2 is 2.25 bits per heavy atom. The molecule has 1 atom stereocenters. The summed E-state index contributed by atoms with van der Waals surface area (Å²) >= 11 is 0. The molecule has 2 rings (SSSR count). The van der Waals surface area contributed by atoms with Gasteiger partial charge in [-0.2, -0.15) is 0 Å². The number of rotatable bonds is 5. The summed E-state index contributed by atoms with van der Waals surface area (Å²) < 4.78 is 0.